The van der Waals surface area contributed by atoms with Crippen molar-refractivity contribution in [2.75, 3.05) is 48.7 Å². The molecule has 5 rings (SSSR count). The lowest BCUT2D eigenvalue weighted by Crippen LogP contribution is -2.50. The van der Waals surface area contributed by atoms with Gasteiger partial charge in [0, 0.05) is 50.1 Å². The second-order valence-electron chi connectivity index (χ2n) is 9.14. The van der Waals surface area contributed by atoms with E-state index in [1.807, 2.05) is 17.0 Å². The van der Waals surface area contributed by atoms with E-state index in [2.05, 4.69) is 52.4 Å². The predicted octanol–water partition coefficient (Wildman–Crippen LogP) is 1.86. The van der Waals surface area contributed by atoms with Crippen molar-refractivity contribution in [2.45, 2.75) is 32.0 Å². The summed E-state index contributed by atoms with van der Waals surface area (Å²) in [5.41, 5.74) is 5.45. The van der Waals surface area contributed by atoms with Gasteiger partial charge in [0.1, 0.15) is 10.7 Å². The zero-order valence-electron chi connectivity index (χ0n) is 18.4. The first kappa shape index (κ1) is 21.4. The number of carbonyl (C=O) groups excluding carboxylic acids is 1. The SMILES string of the molecule is CC1Cc2cc3c(cc2N1C(=O)CN1CCN(Cc2ccccc2)CC1)NC3C[SH](=O)=O. The lowest BCUT2D eigenvalue weighted by atomic mass is 9.94. The number of anilines is 2. The second-order valence-corrected chi connectivity index (χ2v) is 10.2. The maximum absolute atomic E-state index is 13.3. The van der Waals surface area contributed by atoms with Crippen LogP contribution in [-0.4, -0.2) is 68.6 Å². The molecule has 1 amide bonds. The van der Waals surface area contributed by atoms with Gasteiger partial charge in [-0.1, -0.05) is 30.3 Å². The largest absolute Gasteiger partial charge is 0.377 e. The van der Waals surface area contributed by atoms with E-state index < -0.39 is 10.7 Å². The van der Waals surface area contributed by atoms with Crippen molar-refractivity contribution in [1.29, 1.82) is 0 Å². The van der Waals surface area contributed by atoms with Crippen LogP contribution in [0, 0.1) is 0 Å². The third-order valence-corrected chi connectivity index (χ3v) is 7.51. The number of amides is 1. The average molecular weight is 455 g/mol. The van der Waals surface area contributed by atoms with Crippen LogP contribution in [0.1, 0.15) is 29.7 Å². The molecule has 2 atom stereocenters. The van der Waals surface area contributed by atoms with Crippen LogP contribution in [-0.2, 0) is 28.5 Å². The number of piperazine rings is 1. The zero-order valence-corrected chi connectivity index (χ0v) is 19.3. The maximum Gasteiger partial charge on any atom is 0.241 e. The molecule has 0 saturated carbocycles. The van der Waals surface area contributed by atoms with Gasteiger partial charge in [-0.3, -0.25) is 14.6 Å². The van der Waals surface area contributed by atoms with Gasteiger partial charge in [0.25, 0.3) is 0 Å². The Balaban J connectivity index is 1.20. The molecule has 1 N–H and O–H groups in total. The minimum absolute atomic E-state index is 0.118. The van der Waals surface area contributed by atoms with Crippen LogP contribution in [0.2, 0.25) is 0 Å². The van der Waals surface area contributed by atoms with Crippen LogP contribution in [0.15, 0.2) is 42.5 Å². The Morgan fingerprint density at radius 1 is 1.06 bits per heavy atom. The fourth-order valence-electron chi connectivity index (χ4n) is 5.18. The highest BCUT2D eigenvalue weighted by Crippen LogP contribution is 2.44. The monoisotopic (exact) mass is 454 g/mol. The summed E-state index contributed by atoms with van der Waals surface area (Å²) in [7, 11) is -2.42. The topological polar surface area (TPSA) is 73.0 Å². The minimum Gasteiger partial charge on any atom is -0.377 e. The molecule has 8 heteroatoms. The van der Waals surface area contributed by atoms with E-state index in [-0.39, 0.29) is 23.7 Å². The Bertz CT molecular complexity index is 1070. The molecule has 0 aromatic heterocycles. The zero-order chi connectivity index (χ0) is 22.2. The van der Waals surface area contributed by atoms with E-state index in [1.54, 1.807) is 0 Å². The van der Waals surface area contributed by atoms with Gasteiger partial charge >= 0.3 is 0 Å². The Labute approximate surface area is 190 Å². The second kappa shape index (κ2) is 8.84. The molecule has 3 aliphatic rings. The van der Waals surface area contributed by atoms with Crippen LogP contribution in [0.25, 0.3) is 0 Å². The number of rotatable bonds is 6. The van der Waals surface area contributed by atoms with E-state index in [0.717, 1.165) is 61.6 Å². The van der Waals surface area contributed by atoms with Crippen molar-refractivity contribution in [2.24, 2.45) is 0 Å². The number of thiol groups is 1. The van der Waals surface area contributed by atoms with E-state index in [0.29, 0.717) is 6.54 Å². The summed E-state index contributed by atoms with van der Waals surface area (Å²) in [4.78, 5) is 19.9. The Kier molecular flexibility index (Phi) is 5.92. The highest BCUT2D eigenvalue weighted by atomic mass is 32.2. The Morgan fingerprint density at radius 3 is 2.50 bits per heavy atom. The van der Waals surface area contributed by atoms with Crippen LogP contribution in [0.3, 0.4) is 0 Å². The van der Waals surface area contributed by atoms with E-state index >= 15 is 0 Å². The standard InChI is InChI=1S/C24H30N4O3S/c1-17-11-19-12-20-21(25-22(20)16-32(30)31)13-23(19)28(17)24(29)15-27-9-7-26(8-10-27)14-18-5-3-2-4-6-18/h2-6,12-13,17,22,25,32H,7-11,14-16H2,1H3. The molecule has 170 valence electrons. The molecule has 2 aromatic rings. The van der Waals surface area contributed by atoms with Gasteiger partial charge in [-0.2, -0.15) is 0 Å². The van der Waals surface area contributed by atoms with Crippen LogP contribution < -0.4 is 10.2 Å². The van der Waals surface area contributed by atoms with Crippen molar-refractivity contribution < 1.29 is 13.2 Å². The first-order chi connectivity index (χ1) is 15.5. The van der Waals surface area contributed by atoms with Crippen LogP contribution in [0.5, 0.6) is 0 Å². The molecule has 3 heterocycles. The molecule has 2 aromatic carbocycles. The molecule has 1 fully saturated rings. The van der Waals surface area contributed by atoms with Crippen molar-refractivity contribution >= 4 is 28.0 Å². The molecular formula is C24H30N4O3S. The van der Waals surface area contributed by atoms with Crippen molar-refractivity contribution in [3.63, 3.8) is 0 Å². The van der Waals surface area contributed by atoms with Gasteiger partial charge in [0.2, 0.25) is 5.91 Å². The highest BCUT2D eigenvalue weighted by molar-refractivity contribution is 7.72. The van der Waals surface area contributed by atoms with E-state index in [1.165, 1.54) is 5.56 Å². The summed E-state index contributed by atoms with van der Waals surface area (Å²) in [6, 6.07) is 14.6. The number of nitrogens with one attached hydrogen (secondary N) is 1. The van der Waals surface area contributed by atoms with Gasteiger partial charge in [-0.15, -0.1) is 0 Å². The van der Waals surface area contributed by atoms with Gasteiger partial charge in [0.15, 0.2) is 0 Å². The molecule has 7 nitrogen and oxygen atoms in total. The summed E-state index contributed by atoms with van der Waals surface area (Å²) in [6.45, 7) is 7.21. The van der Waals surface area contributed by atoms with Crippen molar-refractivity contribution in [3.05, 3.63) is 59.2 Å². The molecule has 1 saturated heterocycles. The van der Waals surface area contributed by atoms with Crippen molar-refractivity contribution in [3.8, 4) is 0 Å². The van der Waals surface area contributed by atoms with Gasteiger partial charge < -0.3 is 10.2 Å². The van der Waals surface area contributed by atoms with Gasteiger partial charge in [-0.05, 0) is 42.2 Å². The molecule has 0 bridgehead atoms. The fraction of sp³-hybridized carbons (Fsp3) is 0.458. The lowest BCUT2D eigenvalue weighted by molar-refractivity contribution is -0.120. The normalized spacial score (nSPS) is 22.9. The number of carbonyl (C=O) groups is 1. The number of hydrogen-bond donors (Lipinski definition) is 2. The minimum atomic E-state index is -2.42. The van der Waals surface area contributed by atoms with E-state index in [9.17, 15) is 13.2 Å². The average Bonchev–Trinajstić information content (AvgIpc) is 3.09. The summed E-state index contributed by atoms with van der Waals surface area (Å²) < 4.78 is 22.2. The summed E-state index contributed by atoms with van der Waals surface area (Å²) in [6.07, 6.45) is 0.815. The smallest absolute Gasteiger partial charge is 0.241 e. The highest BCUT2D eigenvalue weighted by Gasteiger charge is 2.36. The fourth-order valence-corrected chi connectivity index (χ4v) is 5.76. The molecule has 2 unspecified atom stereocenters. The molecular weight excluding hydrogens is 424 g/mol. The first-order valence-electron chi connectivity index (χ1n) is 11.3. The lowest BCUT2D eigenvalue weighted by Gasteiger charge is -2.36. The molecule has 0 spiro atoms. The van der Waals surface area contributed by atoms with Crippen LogP contribution in [0.4, 0.5) is 11.4 Å². The third-order valence-electron chi connectivity index (χ3n) is 6.84. The Morgan fingerprint density at radius 2 is 1.78 bits per heavy atom. The molecule has 0 radical (unpaired) electrons. The van der Waals surface area contributed by atoms with Crippen LogP contribution >= 0.6 is 0 Å². The van der Waals surface area contributed by atoms with E-state index in [4.69, 9.17) is 0 Å². The first-order valence-corrected chi connectivity index (χ1v) is 12.7. The molecule has 0 aliphatic carbocycles. The Hall–Kier alpha value is -2.42. The summed E-state index contributed by atoms with van der Waals surface area (Å²) >= 11 is 0. The van der Waals surface area contributed by atoms with Gasteiger partial charge in [0.05, 0.1) is 18.3 Å². The summed E-state index contributed by atoms with van der Waals surface area (Å²) in [5, 5.41) is 3.23. The number of benzene rings is 2. The summed E-state index contributed by atoms with van der Waals surface area (Å²) in [5.74, 6) is 0.265. The number of fused-ring (bicyclic) bond motifs is 2. The number of nitrogens with zero attached hydrogens (tertiary/aromatic N) is 3. The molecule has 3 aliphatic heterocycles. The predicted molar refractivity (Wildman–Crippen MR) is 127 cm³/mol. The maximum atomic E-state index is 13.3. The quantitative estimate of drug-likeness (QED) is 0.650. The van der Waals surface area contributed by atoms with Gasteiger partial charge in [-0.25, -0.2) is 8.42 Å². The molecule has 32 heavy (non-hydrogen) atoms. The third kappa shape index (κ3) is 4.27. The number of hydrogen-bond acceptors (Lipinski definition) is 6. The van der Waals surface area contributed by atoms with Crippen molar-refractivity contribution in [1.82, 2.24) is 9.80 Å².